The van der Waals surface area contributed by atoms with E-state index in [-0.39, 0.29) is 5.92 Å². The molecule has 0 fully saturated rings. The maximum atomic E-state index is 12.8. The summed E-state index contributed by atoms with van der Waals surface area (Å²) < 4.78 is 43.9. The van der Waals surface area contributed by atoms with Crippen molar-refractivity contribution in [3.63, 3.8) is 0 Å². The molecule has 1 aliphatic heterocycles. The van der Waals surface area contributed by atoms with Gasteiger partial charge in [0.25, 0.3) is 0 Å². The second-order valence-electron chi connectivity index (χ2n) is 5.10. The van der Waals surface area contributed by atoms with Crippen molar-refractivity contribution in [2.24, 2.45) is 5.73 Å². The van der Waals surface area contributed by atoms with Crippen molar-refractivity contribution in [3.8, 4) is 5.75 Å². The molecule has 3 rings (SSSR count). The van der Waals surface area contributed by atoms with Crippen molar-refractivity contribution in [2.75, 3.05) is 6.61 Å². The predicted molar refractivity (Wildman–Crippen MR) is 73.1 cm³/mol. The lowest BCUT2D eigenvalue weighted by molar-refractivity contribution is -0.137. The van der Waals surface area contributed by atoms with Crippen LogP contribution in [0, 0.1) is 0 Å². The summed E-state index contributed by atoms with van der Waals surface area (Å²) in [5.41, 5.74) is 6.92. The van der Waals surface area contributed by atoms with Crippen molar-refractivity contribution in [1.29, 1.82) is 0 Å². The van der Waals surface area contributed by atoms with Crippen LogP contribution < -0.4 is 10.5 Å². The lowest BCUT2D eigenvalue weighted by atomic mass is 9.88. The molecule has 0 saturated heterocycles. The number of para-hydroxylation sites is 1. The second kappa shape index (κ2) is 5.07. The number of hydrogen-bond donors (Lipinski definition) is 1. The van der Waals surface area contributed by atoms with Gasteiger partial charge < -0.3 is 10.5 Å². The van der Waals surface area contributed by atoms with E-state index in [0.29, 0.717) is 12.2 Å². The third-order valence-electron chi connectivity index (χ3n) is 3.77. The minimum Gasteiger partial charge on any atom is -0.493 e. The quantitative estimate of drug-likeness (QED) is 0.912. The summed E-state index contributed by atoms with van der Waals surface area (Å²) in [6, 6.07) is 12.1. The Labute approximate surface area is 120 Å². The summed E-state index contributed by atoms with van der Waals surface area (Å²) in [6.07, 6.45) is -4.36. The summed E-state index contributed by atoms with van der Waals surface area (Å²) in [7, 11) is 0. The number of nitrogens with two attached hydrogens (primary N) is 1. The zero-order chi connectivity index (χ0) is 15.0. The number of benzene rings is 2. The van der Waals surface area contributed by atoms with E-state index in [9.17, 15) is 13.2 Å². The third kappa shape index (κ3) is 2.61. The van der Waals surface area contributed by atoms with Crippen LogP contribution in [0.4, 0.5) is 13.2 Å². The molecule has 1 heterocycles. The average Bonchev–Trinajstić information content (AvgIpc) is 2.90. The summed E-state index contributed by atoms with van der Waals surface area (Å²) in [6.45, 7) is 0.386. The molecule has 0 aliphatic carbocycles. The topological polar surface area (TPSA) is 35.2 Å². The van der Waals surface area contributed by atoms with E-state index < -0.39 is 17.8 Å². The Morgan fingerprint density at radius 2 is 1.86 bits per heavy atom. The van der Waals surface area contributed by atoms with E-state index in [0.717, 1.165) is 23.4 Å². The number of alkyl halides is 3. The predicted octanol–water partition coefficient (Wildman–Crippen LogP) is 3.88. The number of fused-ring (bicyclic) bond motifs is 1. The van der Waals surface area contributed by atoms with Crippen LogP contribution >= 0.6 is 0 Å². The lowest BCUT2D eigenvalue weighted by Gasteiger charge is -2.20. The Kier molecular flexibility index (Phi) is 3.37. The number of hydrogen-bond acceptors (Lipinski definition) is 2. The summed E-state index contributed by atoms with van der Waals surface area (Å²) >= 11 is 0. The Morgan fingerprint density at radius 1 is 1.10 bits per heavy atom. The molecule has 0 amide bonds. The molecule has 0 bridgehead atoms. The van der Waals surface area contributed by atoms with Crippen LogP contribution in [0.15, 0.2) is 48.5 Å². The Balaban J connectivity index is 1.92. The minimum atomic E-state index is -4.36. The SMILES string of the molecule is NC(c1cccc(C(F)(F)F)c1)C1COc2ccccc21. The van der Waals surface area contributed by atoms with E-state index in [4.69, 9.17) is 10.5 Å². The molecule has 110 valence electrons. The molecule has 2 nitrogen and oxygen atoms in total. The van der Waals surface area contributed by atoms with Gasteiger partial charge in [-0.3, -0.25) is 0 Å². The van der Waals surface area contributed by atoms with Gasteiger partial charge in [-0.1, -0.05) is 30.3 Å². The molecular weight excluding hydrogens is 279 g/mol. The zero-order valence-corrected chi connectivity index (χ0v) is 11.1. The second-order valence-corrected chi connectivity index (χ2v) is 5.10. The molecule has 2 aromatic carbocycles. The van der Waals surface area contributed by atoms with E-state index in [1.54, 1.807) is 6.07 Å². The highest BCUT2D eigenvalue weighted by Crippen LogP contribution is 2.40. The zero-order valence-electron chi connectivity index (χ0n) is 11.1. The highest BCUT2D eigenvalue weighted by molar-refractivity contribution is 5.42. The van der Waals surface area contributed by atoms with Gasteiger partial charge in [0.05, 0.1) is 12.2 Å². The van der Waals surface area contributed by atoms with E-state index in [2.05, 4.69) is 0 Å². The number of ether oxygens (including phenoxy) is 1. The van der Waals surface area contributed by atoms with Gasteiger partial charge in [-0.15, -0.1) is 0 Å². The molecule has 0 saturated carbocycles. The van der Waals surface area contributed by atoms with Gasteiger partial charge in [0.1, 0.15) is 5.75 Å². The van der Waals surface area contributed by atoms with Crippen LogP contribution in [0.5, 0.6) is 5.75 Å². The molecule has 0 aromatic heterocycles. The molecule has 0 radical (unpaired) electrons. The van der Waals surface area contributed by atoms with Crippen LogP contribution in [0.3, 0.4) is 0 Å². The monoisotopic (exact) mass is 293 g/mol. The van der Waals surface area contributed by atoms with Gasteiger partial charge in [-0.25, -0.2) is 0 Å². The Hall–Kier alpha value is -2.01. The van der Waals surface area contributed by atoms with Gasteiger partial charge in [0.15, 0.2) is 0 Å². The smallest absolute Gasteiger partial charge is 0.416 e. The standard InChI is InChI=1S/C16H14F3NO/c17-16(18,19)11-5-3-4-10(8-11)15(20)13-9-21-14-7-2-1-6-12(13)14/h1-8,13,15H,9,20H2. The lowest BCUT2D eigenvalue weighted by Crippen LogP contribution is -2.21. The first-order chi connectivity index (χ1) is 9.97. The Morgan fingerprint density at radius 3 is 2.62 bits per heavy atom. The molecule has 2 unspecified atom stereocenters. The fourth-order valence-electron chi connectivity index (χ4n) is 2.64. The maximum absolute atomic E-state index is 12.8. The van der Waals surface area contributed by atoms with Gasteiger partial charge in [-0.2, -0.15) is 13.2 Å². The molecular formula is C16H14F3NO. The van der Waals surface area contributed by atoms with Gasteiger partial charge in [0, 0.05) is 17.5 Å². The first-order valence-electron chi connectivity index (χ1n) is 6.61. The van der Waals surface area contributed by atoms with Crippen LogP contribution in [-0.4, -0.2) is 6.61 Å². The highest BCUT2D eigenvalue weighted by atomic mass is 19.4. The maximum Gasteiger partial charge on any atom is 0.416 e. The number of rotatable bonds is 2. The van der Waals surface area contributed by atoms with Crippen LogP contribution in [0.2, 0.25) is 0 Å². The minimum absolute atomic E-state index is 0.135. The van der Waals surface area contributed by atoms with Gasteiger partial charge in [-0.05, 0) is 23.8 Å². The largest absolute Gasteiger partial charge is 0.493 e. The molecule has 5 heteroatoms. The molecule has 2 aromatic rings. The van der Waals surface area contributed by atoms with Gasteiger partial charge >= 0.3 is 6.18 Å². The summed E-state index contributed by atoms with van der Waals surface area (Å²) in [5.74, 6) is 0.620. The first kappa shape index (κ1) is 13.9. The summed E-state index contributed by atoms with van der Waals surface area (Å²) in [5, 5.41) is 0. The molecule has 0 spiro atoms. The first-order valence-corrected chi connectivity index (χ1v) is 6.61. The molecule has 2 atom stereocenters. The van der Waals surface area contributed by atoms with Crippen molar-refractivity contribution in [1.82, 2.24) is 0 Å². The van der Waals surface area contributed by atoms with Crippen molar-refractivity contribution in [3.05, 3.63) is 65.2 Å². The Bertz CT molecular complexity index is 654. The molecule has 2 N–H and O–H groups in total. The number of halogens is 3. The average molecular weight is 293 g/mol. The van der Waals surface area contributed by atoms with E-state index in [1.165, 1.54) is 6.07 Å². The van der Waals surface area contributed by atoms with E-state index >= 15 is 0 Å². The van der Waals surface area contributed by atoms with Crippen LogP contribution in [-0.2, 0) is 6.18 Å². The van der Waals surface area contributed by atoms with Crippen molar-refractivity contribution in [2.45, 2.75) is 18.1 Å². The molecule has 21 heavy (non-hydrogen) atoms. The highest BCUT2D eigenvalue weighted by Gasteiger charge is 2.33. The van der Waals surface area contributed by atoms with Crippen molar-refractivity contribution < 1.29 is 17.9 Å². The van der Waals surface area contributed by atoms with Crippen molar-refractivity contribution >= 4 is 0 Å². The third-order valence-corrected chi connectivity index (χ3v) is 3.77. The normalized spacial score (nSPS) is 19.0. The van der Waals surface area contributed by atoms with Crippen LogP contribution in [0.1, 0.15) is 28.7 Å². The fraction of sp³-hybridized carbons (Fsp3) is 0.250. The van der Waals surface area contributed by atoms with E-state index in [1.807, 2.05) is 24.3 Å². The fourth-order valence-corrected chi connectivity index (χ4v) is 2.64. The summed E-state index contributed by atoms with van der Waals surface area (Å²) in [4.78, 5) is 0. The molecule has 1 aliphatic rings. The van der Waals surface area contributed by atoms with Crippen LogP contribution in [0.25, 0.3) is 0 Å². The van der Waals surface area contributed by atoms with Gasteiger partial charge in [0.2, 0.25) is 0 Å².